The fourth-order valence-corrected chi connectivity index (χ4v) is 2.43. The number of carbonyl (C=O) groups excluding carboxylic acids is 2. The Bertz CT molecular complexity index is 798. The van der Waals surface area contributed by atoms with Crippen molar-refractivity contribution in [2.24, 2.45) is 0 Å². The third kappa shape index (κ3) is 4.59. The lowest BCUT2D eigenvalue weighted by Crippen LogP contribution is -2.31. The topological polar surface area (TPSA) is 75.6 Å². The van der Waals surface area contributed by atoms with Gasteiger partial charge in [0.15, 0.2) is 6.61 Å². The summed E-state index contributed by atoms with van der Waals surface area (Å²) in [5.74, 6) is -1.25. The van der Waals surface area contributed by atoms with Crippen LogP contribution in [0.5, 0.6) is 5.75 Å². The smallest absolute Gasteiger partial charge is 0.342 e. The summed E-state index contributed by atoms with van der Waals surface area (Å²) in [6.45, 7) is 7.20. The number of hydrogen-bond donors (Lipinski definition) is 2. The average Bonchev–Trinajstić information content (AvgIpc) is 2.57. The SMILES string of the molecule is Cc1ccc([C@@H](C)NC(=O)COC(=O)c2cccc(C)c2O)cc1C. The quantitative estimate of drug-likeness (QED) is 0.818. The molecule has 1 atom stereocenters. The molecule has 0 aliphatic carbocycles. The van der Waals surface area contributed by atoms with Gasteiger partial charge in [0.25, 0.3) is 5.91 Å². The molecule has 1 amide bonds. The van der Waals surface area contributed by atoms with Crippen LogP contribution in [0.2, 0.25) is 0 Å². The summed E-state index contributed by atoms with van der Waals surface area (Å²) in [7, 11) is 0. The summed E-state index contributed by atoms with van der Waals surface area (Å²) < 4.78 is 4.99. The lowest BCUT2D eigenvalue weighted by Gasteiger charge is -2.16. The lowest BCUT2D eigenvalue weighted by molar-refractivity contribution is -0.124. The molecule has 0 radical (unpaired) electrons. The van der Waals surface area contributed by atoms with E-state index in [1.54, 1.807) is 19.1 Å². The van der Waals surface area contributed by atoms with Crippen LogP contribution < -0.4 is 5.32 Å². The van der Waals surface area contributed by atoms with Crippen molar-refractivity contribution in [1.29, 1.82) is 0 Å². The summed E-state index contributed by atoms with van der Waals surface area (Å²) in [5, 5.41) is 12.7. The predicted molar refractivity (Wildman–Crippen MR) is 95.6 cm³/mol. The molecule has 132 valence electrons. The highest BCUT2D eigenvalue weighted by atomic mass is 16.5. The maximum Gasteiger partial charge on any atom is 0.342 e. The van der Waals surface area contributed by atoms with Crippen LogP contribution in [0, 0.1) is 20.8 Å². The zero-order valence-electron chi connectivity index (χ0n) is 14.9. The van der Waals surface area contributed by atoms with Crippen LogP contribution in [0.15, 0.2) is 36.4 Å². The van der Waals surface area contributed by atoms with Gasteiger partial charge in [0, 0.05) is 0 Å². The van der Waals surface area contributed by atoms with Gasteiger partial charge in [-0.1, -0.05) is 30.3 Å². The largest absolute Gasteiger partial charge is 0.507 e. The fraction of sp³-hybridized carbons (Fsp3) is 0.300. The van der Waals surface area contributed by atoms with E-state index in [2.05, 4.69) is 5.32 Å². The minimum Gasteiger partial charge on any atom is -0.507 e. The minimum atomic E-state index is -0.727. The zero-order valence-corrected chi connectivity index (χ0v) is 14.9. The first kappa shape index (κ1) is 18.5. The molecule has 0 spiro atoms. The molecule has 25 heavy (non-hydrogen) atoms. The summed E-state index contributed by atoms with van der Waals surface area (Å²) in [6, 6.07) is 10.6. The van der Waals surface area contributed by atoms with E-state index >= 15 is 0 Å². The Morgan fingerprint density at radius 1 is 1.08 bits per heavy atom. The van der Waals surface area contributed by atoms with Crippen LogP contribution >= 0.6 is 0 Å². The number of carbonyl (C=O) groups is 2. The van der Waals surface area contributed by atoms with Crippen LogP contribution in [0.3, 0.4) is 0 Å². The standard InChI is InChI=1S/C20H23NO4/c1-12-8-9-16(10-14(12)3)15(4)21-18(22)11-25-20(24)17-7-5-6-13(2)19(17)23/h5-10,15,23H,11H2,1-4H3,(H,21,22)/t15-/m1/s1. The third-order valence-corrected chi connectivity index (χ3v) is 4.20. The first-order chi connectivity index (χ1) is 11.8. The molecule has 2 rings (SSSR count). The number of ether oxygens (including phenoxy) is 1. The fourth-order valence-electron chi connectivity index (χ4n) is 2.43. The van der Waals surface area contributed by atoms with E-state index in [-0.39, 0.29) is 17.4 Å². The van der Waals surface area contributed by atoms with Gasteiger partial charge in [-0.15, -0.1) is 0 Å². The second kappa shape index (κ2) is 7.83. The van der Waals surface area contributed by atoms with Gasteiger partial charge in [0.1, 0.15) is 11.3 Å². The number of amides is 1. The number of benzene rings is 2. The van der Waals surface area contributed by atoms with Crippen molar-refractivity contribution in [2.75, 3.05) is 6.61 Å². The number of aryl methyl sites for hydroxylation is 3. The van der Waals surface area contributed by atoms with Crippen LogP contribution in [0.4, 0.5) is 0 Å². The van der Waals surface area contributed by atoms with Gasteiger partial charge < -0.3 is 15.2 Å². The predicted octanol–water partition coefficient (Wildman–Crippen LogP) is 3.35. The second-order valence-corrected chi connectivity index (χ2v) is 6.18. The van der Waals surface area contributed by atoms with Crippen molar-refractivity contribution in [3.8, 4) is 5.75 Å². The van der Waals surface area contributed by atoms with Crippen molar-refractivity contribution < 1.29 is 19.4 Å². The summed E-state index contributed by atoms with van der Waals surface area (Å²) in [5.41, 5.74) is 3.95. The number of hydrogen-bond acceptors (Lipinski definition) is 4. The Hall–Kier alpha value is -2.82. The van der Waals surface area contributed by atoms with Gasteiger partial charge in [-0.3, -0.25) is 4.79 Å². The number of aromatic hydroxyl groups is 1. The third-order valence-electron chi connectivity index (χ3n) is 4.20. The highest BCUT2D eigenvalue weighted by Gasteiger charge is 2.16. The number of nitrogens with one attached hydrogen (secondary N) is 1. The molecule has 2 aromatic carbocycles. The lowest BCUT2D eigenvalue weighted by atomic mass is 10.0. The van der Waals surface area contributed by atoms with E-state index in [4.69, 9.17) is 4.74 Å². The van der Waals surface area contributed by atoms with Crippen molar-refractivity contribution >= 4 is 11.9 Å². The van der Waals surface area contributed by atoms with Gasteiger partial charge >= 0.3 is 5.97 Å². The molecule has 0 aliphatic heterocycles. The van der Waals surface area contributed by atoms with Crippen LogP contribution in [-0.4, -0.2) is 23.6 Å². The number of phenolic OH excluding ortho intramolecular Hbond substituents is 1. The maximum atomic E-state index is 12.0. The normalized spacial score (nSPS) is 11.7. The van der Waals surface area contributed by atoms with E-state index in [0.29, 0.717) is 5.56 Å². The van der Waals surface area contributed by atoms with Gasteiger partial charge in [0.2, 0.25) is 0 Å². The van der Waals surface area contributed by atoms with Gasteiger partial charge in [-0.2, -0.15) is 0 Å². The van der Waals surface area contributed by atoms with E-state index in [0.717, 1.165) is 11.1 Å². The van der Waals surface area contributed by atoms with E-state index in [1.165, 1.54) is 11.6 Å². The minimum absolute atomic E-state index is 0.0509. The first-order valence-corrected chi connectivity index (χ1v) is 8.11. The summed E-state index contributed by atoms with van der Waals surface area (Å²) in [4.78, 5) is 24.0. The number of rotatable bonds is 5. The van der Waals surface area contributed by atoms with Crippen molar-refractivity contribution in [2.45, 2.75) is 33.7 Å². The molecule has 0 bridgehead atoms. The highest BCUT2D eigenvalue weighted by molar-refractivity contribution is 5.94. The molecule has 2 N–H and O–H groups in total. The van der Waals surface area contributed by atoms with Crippen molar-refractivity contribution in [3.63, 3.8) is 0 Å². The number of para-hydroxylation sites is 1. The number of esters is 1. The molecule has 0 heterocycles. The van der Waals surface area contributed by atoms with E-state index < -0.39 is 18.5 Å². The van der Waals surface area contributed by atoms with Gasteiger partial charge in [-0.05, 0) is 56.0 Å². The van der Waals surface area contributed by atoms with Gasteiger partial charge in [-0.25, -0.2) is 4.79 Å². The molecule has 0 aromatic heterocycles. The first-order valence-electron chi connectivity index (χ1n) is 8.11. The van der Waals surface area contributed by atoms with Crippen LogP contribution in [0.1, 0.15) is 45.6 Å². The Labute approximate surface area is 147 Å². The van der Waals surface area contributed by atoms with E-state index in [1.807, 2.05) is 39.0 Å². The van der Waals surface area contributed by atoms with E-state index in [9.17, 15) is 14.7 Å². The molecule has 0 unspecified atom stereocenters. The molecule has 0 saturated carbocycles. The second-order valence-electron chi connectivity index (χ2n) is 6.18. The Morgan fingerprint density at radius 3 is 2.48 bits per heavy atom. The average molecular weight is 341 g/mol. The van der Waals surface area contributed by atoms with Crippen molar-refractivity contribution in [3.05, 3.63) is 64.2 Å². The molecule has 0 aliphatic rings. The molecular formula is C20H23NO4. The van der Waals surface area contributed by atoms with Gasteiger partial charge in [0.05, 0.1) is 6.04 Å². The highest BCUT2D eigenvalue weighted by Crippen LogP contribution is 2.22. The maximum absolute atomic E-state index is 12.0. The molecule has 0 saturated heterocycles. The molecule has 5 heteroatoms. The Morgan fingerprint density at radius 2 is 1.80 bits per heavy atom. The zero-order chi connectivity index (χ0) is 18.6. The molecule has 0 fully saturated rings. The Balaban J connectivity index is 1.92. The Kier molecular flexibility index (Phi) is 5.80. The molecule has 2 aromatic rings. The summed E-state index contributed by atoms with van der Waals surface area (Å²) >= 11 is 0. The molecular weight excluding hydrogens is 318 g/mol. The summed E-state index contributed by atoms with van der Waals surface area (Å²) in [6.07, 6.45) is 0. The van der Waals surface area contributed by atoms with Crippen LogP contribution in [0.25, 0.3) is 0 Å². The van der Waals surface area contributed by atoms with Crippen LogP contribution in [-0.2, 0) is 9.53 Å². The van der Waals surface area contributed by atoms with Crippen molar-refractivity contribution in [1.82, 2.24) is 5.32 Å². The molecule has 5 nitrogen and oxygen atoms in total. The monoisotopic (exact) mass is 341 g/mol. The number of phenols is 1.